The first-order valence-electron chi connectivity index (χ1n) is 10.8. The summed E-state index contributed by atoms with van der Waals surface area (Å²) in [6.07, 6.45) is 3.08. The Kier molecular flexibility index (Phi) is 7.18. The van der Waals surface area contributed by atoms with Crippen molar-refractivity contribution in [2.24, 2.45) is 5.92 Å². The van der Waals surface area contributed by atoms with E-state index in [2.05, 4.69) is 15.0 Å². The number of likely N-dealkylation sites (N-methyl/N-ethyl adjacent to an activating group) is 1. The monoisotopic (exact) mass is 524 g/mol. The first-order chi connectivity index (χ1) is 16.6. The number of ether oxygens (including phenoxy) is 1. The number of imidazole rings is 1. The fraction of sp³-hybridized carbons (Fsp3) is 0.429. The van der Waals surface area contributed by atoms with Gasteiger partial charge in [-0.25, -0.2) is 9.55 Å². The Labute approximate surface area is 206 Å². The molecule has 4 rings (SSSR count). The first-order valence-corrected chi connectivity index (χ1v) is 12.7. The number of methoxy groups -OCH3 is 1. The predicted molar refractivity (Wildman–Crippen MR) is 129 cm³/mol. The Morgan fingerprint density at radius 1 is 1.34 bits per heavy atom. The van der Waals surface area contributed by atoms with Gasteiger partial charge in [-0.05, 0) is 57.0 Å². The van der Waals surface area contributed by atoms with Crippen LogP contribution in [0.2, 0.25) is 5.02 Å². The summed E-state index contributed by atoms with van der Waals surface area (Å²) in [6.45, 7) is 1.53. The van der Waals surface area contributed by atoms with E-state index in [-0.39, 0.29) is 30.3 Å². The maximum absolute atomic E-state index is 13.7. The zero-order valence-electron chi connectivity index (χ0n) is 19.4. The number of nitrogens with two attached hydrogens (primary N) is 1. The van der Waals surface area contributed by atoms with E-state index in [9.17, 15) is 14.5 Å². The molecule has 0 saturated heterocycles. The SMILES string of the molecule is COc1nc(N)nc2c1ncn2[C@H]1C[C@@H](COP(=O)(Oc2ccc(Cl)cc2)N(C)C(C)C(=O)O)C1. The van der Waals surface area contributed by atoms with Crippen LogP contribution in [0.4, 0.5) is 5.95 Å². The molecule has 1 aliphatic rings. The van der Waals surface area contributed by atoms with E-state index in [0.717, 1.165) is 4.67 Å². The van der Waals surface area contributed by atoms with Crippen LogP contribution in [0.1, 0.15) is 25.8 Å². The Bertz CT molecular complexity index is 1270. The highest BCUT2D eigenvalue weighted by molar-refractivity contribution is 7.51. The molecular formula is C21H26ClN6O6P. The lowest BCUT2D eigenvalue weighted by Gasteiger charge is -2.37. The second-order valence-corrected chi connectivity index (χ2v) is 10.7. The molecule has 35 heavy (non-hydrogen) atoms. The molecule has 1 aromatic carbocycles. The normalized spacial score (nSPS) is 20.3. The van der Waals surface area contributed by atoms with E-state index in [1.54, 1.807) is 30.6 Å². The van der Waals surface area contributed by atoms with Crippen LogP contribution in [0.15, 0.2) is 30.6 Å². The average molecular weight is 525 g/mol. The van der Waals surface area contributed by atoms with E-state index in [1.165, 1.54) is 21.1 Å². The van der Waals surface area contributed by atoms with Crippen LogP contribution >= 0.6 is 19.3 Å². The minimum atomic E-state index is -3.99. The number of hydrogen-bond donors (Lipinski definition) is 2. The van der Waals surface area contributed by atoms with Gasteiger partial charge in [0.1, 0.15) is 11.8 Å². The Hall–Kier alpha value is -2.92. The maximum Gasteiger partial charge on any atom is 0.461 e. The van der Waals surface area contributed by atoms with E-state index in [0.29, 0.717) is 34.9 Å². The molecule has 2 aromatic heterocycles. The summed E-state index contributed by atoms with van der Waals surface area (Å²) in [7, 11) is -1.10. The minimum Gasteiger partial charge on any atom is -0.480 e. The number of nitrogen functional groups attached to an aromatic ring is 1. The van der Waals surface area contributed by atoms with Crippen molar-refractivity contribution < 1.29 is 28.3 Å². The van der Waals surface area contributed by atoms with Gasteiger partial charge in [-0.2, -0.15) is 14.6 Å². The molecule has 188 valence electrons. The molecule has 0 aliphatic heterocycles. The van der Waals surface area contributed by atoms with E-state index >= 15 is 0 Å². The fourth-order valence-electron chi connectivity index (χ4n) is 3.76. The van der Waals surface area contributed by atoms with Gasteiger partial charge in [0, 0.05) is 11.1 Å². The van der Waals surface area contributed by atoms with Gasteiger partial charge in [0.25, 0.3) is 0 Å². The van der Waals surface area contributed by atoms with Crippen LogP contribution in [-0.2, 0) is 13.9 Å². The van der Waals surface area contributed by atoms with Crippen LogP contribution in [0.25, 0.3) is 11.2 Å². The third kappa shape index (κ3) is 5.20. The van der Waals surface area contributed by atoms with Crippen LogP contribution in [0, 0.1) is 5.92 Å². The average Bonchev–Trinajstić information content (AvgIpc) is 3.21. The number of benzene rings is 1. The van der Waals surface area contributed by atoms with Gasteiger partial charge in [0.15, 0.2) is 11.2 Å². The predicted octanol–water partition coefficient (Wildman–Crippen LogP) is 3.63. The number of anilines is 1. The van der Waals surface area contributed by atoms with Crippen molar-refractivity contribution in [3.63, 3.8) is 0 Å². The van der Waals surface area contributed by atoms with Crippen LogP contribution in [0.5, 0.6) is 11.6 Å². The summed E-state index contributed by atoms with van der Waals surface area (Å²) in [5, 5.41) is 9.89. The van der Waals surface area contributed by atoms with Crippen molar-refractivity contribution >= 4 is 42.4 Å². The largest absolute Gasteiger partial charge is 0.480 e. The number of carboxylic acid groups (broad SMARTS) is 1. The highest BCUT2D eigenvalue weighted by Gasteiger charge is 2.41. The van der Waals surface area contributed by atoms with Gasteiger partial charge in [-0.3, -0.25) is 9.32 Å². The number of aromatic nitrogens is 4. The Morgan fingerprint density at radius 3 is 2.66 bits per heavy atom. The number of halogens is 1. The number of carboxylic acids is 1. The molecule has 2 atom stereocenters. The molecular weight excluding hydrogens is 499 g/mol. The summed E-state index contributed by atoms with van der Waals surface area (Å²) >= 11 is 5.91. The summed E-state index contributed by atoms with van der Waals surface area (Å²) in [4.78, 5) is 24.2. The first kappa shape index (κ1) is 25.2. The van der Waals surface area contributed by atoms with Crippen LogP contribution < -0.4 is 15.0 Å². The second kappa shape index (κ2) is 9.98. The number of rotatable bonds is 10. The van der Waals surface area contributed by atoms with Crippen molar-refractivity contribution in [3.8, 4) is 11.6 Å². The molecule has 0 spiro atoms. The molecule has 2 unspecified atom stereocenters. The molecule has 3 N–H and O–H groups in total. The number of nitrogens with zero attached hydrogens (tertiary/aromatic N) is 5. The molecule has 12 nitrogen and oxygen atoms in total. The third-order valence-electron chi connectivity index (χ3n) is 6.02. The smallest absolute Gasteiger partial charge is 0.461 e. The zero-order chi connectivity index (χ0) is 25.3. The molecule has 14 heteroatoms. The maximum atomic E-state index is 13.7. The summed E-state index contributed by atoms with van der Waals surface area (Å²) in [5.74, 6) is -0.435. The van der Waals surface area contributed by atoms with Crippen molar-refractivity contribution in [3.05, 3.63) is 35.6 Å². The Morgan fingerprint density at radius 2 is 2.03 bits per heavy atom. The lowest BCUT2D eigenvalue weighted by Crippen LogP contribution is -2.36. The van der Waals surface area contributed by atoms with Crippen LogP contribution in [0.3, 0.4) is 0 Å². The summed E-state index contributed by atoms with van der Waals surface area (Å²) < 4.78 is 33.4. The topological polar surface area (TPSA) is 155 Å². The van der Waals surface area contributed by atoms with Gasteiger partial charge >= 0.3 is 13.7 Å². The minimum absolute atomic E-state index is 0.0641. The number of carbonyl (C=O) groups is 1. The molecule has 0 radical (unpaired) electrons. The highest BCUT2D eigenvalue weighted by Crippen LogP contribution is 2.54. The second-order valence-electron chi connectivity index (χ2n) is 8.30. The molecule has 1 saturated carbocycles. The molecule has 0 bridgehead atoms. The van der Waals surface area contributed by atoms with Crippen LogP contribution in [-0.4, -0.2) is 62.1 Å². The third-order valence-corrected chi connectivity index (χ3v) is 8.30. The van der Waals surface area contributed by atoms with Crippen molar-refractivity contribution in [1.82, 2.24) is 24.2 Å². The van der Waals surface area contributed by atoms with Gasteiger partial charge in [-0.15, -0.1) is 0 Å². The van der Waals surface area contributed by atoms with Gasteiger partial charge in [-0.1, -0.05) is 11.6 Å². The molecule has 2 heterocycles. The van der Waals surface area contributed by atoms with E-state index in [1.807, 2.05) is 4.57 Å². The van der Waals surface area contributed by atoms with Gasteiger partial charge in [0.2, 0.25) is 11.8 Å². The van der Waals surface area contributed by atoms with Crippen molar-refractivity contribution in [1.29, 1.82) is 0 Å². The van der Waals surface area contributed by atoms with E-state index < -0.39 is 19.8 Å². The molecule has 1 fully saturated rings. The standard InChI is InChI=1S/C21H26ClN6O6P/c1-12(20(29)30)27(2)35(31,34-16-6-4-14(22)5-7-16)33-10-13-8-15(9-13)28-11-24-17-18(28)25-21(23)26-19(17)32-3/h4-7,11-13,15H,8-10H2,1-3H3,(H,29,30)(H2,23,25,26)/t12?,13-,15+,35?. The Balaban J connectivity index is 1.45. The lowest BCUT2D eigenvalue weighted by atomic mass is 9.81. The zero-order valence-corrected chi connectivity index (χ0v) is 21.0. The number of fused-ring (bicyclic) bond motifs is 1. The summed E-state index contributed by atoms with van der Waals surface area (Å²) in [5.41, 5.74) is 6.89. The quantitative estimate of drug-likeness (QED) is 0.373. The molecule has 3 aromatic rings. The fourth-order valence-corrected chi connectivity index (χ4v) is 5.56. The van der Waals surface area contributed by atoms with Crippen molar-refractivity contribution in [2.75, 3.05) is 26.5 Å². The highest BCUT2D eigenvalue weighted by atomic mass is 35.5. The van der Waals surface area contributed by atoms with E-state index in [4.69, 9.17) is 31.1 Å². The number of hydrogen-bond acceptors (Lipinski definition) is 9. The lowest BCUT2D eigenvalue weighted by molar-refractivity contribution is -0.140. The number of aliphatic carboxylic acids is 1. The summed E-state index contributed by atoms with van der Waals surface area (Å²) in [6, 6.07) is 5.24. The van der Waals surface area contributed by atoms with Crippen molar-refractivity contribution in [2.45, 2.75) is 31.8 Å². The molecule has 1 aliphatic carbocycles. The van der Waals surface area contributed by atoms with Gasteiger partial charge in [0.05, 0.1) is 20.0 Å². The molecule has 0 amide bonds. The van der Waals surface area contributed by atoms with Gasteiger partial charge < -0.3 is 24.7 Å².